The Labute approximate surface area is 279 Å². The number of rotatable bonds is 1. The Bertz CT molecular complexity index is 3200. The number of hydrogen-bond acceptors (Lipinski definition) is 1. The van der Waals surface area contributed by atoms with Crippen LogP contribution in [0.25, 0.3) is 113 Å². The predicted molar refractivity (Wildman–Crippen MR) is 208 cm³/mol. The molecule has 0 fully saturated rings. The number of benzene rings is 9. The second-order valence-corrected chi connectivity index (χ2v) is 14.2. The highest BCUT2D eigenvalue weighted by Gasteiger charge is 2.27. The molecule has 0 aliphatic heterocycles. The van der Waals surface area contributed by atoms with Gasteiger partial charge in [-0.25, -0.2) is 0 Å². The van der Waals surface area contributed by atoms with Gasteiger partial charge in [0.1, 0.15) is 0 Å². The second-order valence-electron chi connectivity index (χ2n) is 13.1. The number of hydrogen-bond donors (Lipinski definition) is 0. The minimum Gasteiger partial charge on any atom is -0.307 e. The fourth-order valence-corrected chi connectivity index (χ4v) is 10.3. The zero-order chi connectivity index (χ0) is 31.1. The molecule has 0 unspecified atom stereocenters. The van der Waals surface area contributed by atoms with E-state index in [1.807, 2.05) is 11.3 Å². The van der Waals surface area contributed by atoms with Gasteiger partial charge in [-0.1, -0.05) is 133 Å². The lowest BCUT2D eigenvalue weighted by Crippen LogP contribution is -1.96. The Morgan fingerprint density at radius 1 is 0.333 bits per heavy atom. The summed E-state index contributed by atoms with van der Waals surface area (Å²) in [5.74, 6) is 0. The zero-order valence-corrected chi connectivity index (χ0v) is 26.6. The minimum atomic E-state index is 1.23. The number of fused-ring (bicyclic) bond motifs is 18. The maximum absolute atomic E-state index is 2.59. The number of para-hydroxylation sites is 1. The summed E-state index contributed by atoms with van der Waals surface area (Å²) in [4.78, 5) is 0. The number of nitrogens with zero attached hydrogens (tertiary/aromatic N) is 1. The van der Waals surface area contributed by atoms with E-state index in [1.54, 1.807) is 0 Å². The van der Waals surface area contributed by atoms with Crippen molar-refractivity contribution in [3.63, 3.8) is 0 Å². The predicted octanol–water partition coefficient (Wildman–Crippen LogP) is 13.4. The molecule has 0 atom stereocenters. The summed E-state index contributed by atoms with van der Waals surface area (Å²) < 4.78 is 5.27. The standard InChI is InChI=1S/C46H25NS/c1-2-15-29-26(12-1)30-20-11-21-34-38(25-24-33(29)40(30)34)47-37-22-9-7-18-35(37)43-41-31-16-5-3-13-27(31)28-14-4-6-17-32(28)42(41)44-36-19-8-10-23-39(36)48-46(44)45(43)47/h1-25H. The Hall–Kier alpha value is -5.96. The van der Waals surface area contributed by atoms with E-state index < -0.39 is 0 Å². The summed E-state index contributed by atoms with van der Waals surface area (Å²) in [6, 6.07) is 56.6. The Kier molecular flexibility index (Phi) is 4.66. The van der Waals surface area contributed by atoms with Crippen LogP contribution in [0.4, 0.5) is 0 Å². The van der Waals surface area contributed by atoms with Gasteiger partial charge in [0, 0.05) is 42.4 Å². The van der Waals surface area contributed by atoms with Crippen LogP contribution in [0.5, 0.6) is 0 Å². The largest absolute Gasteiger partial charge is 0.307 e. The van der Waals surface area contributed by atoms with Gasteiger partial charge in [0.2, 0.25) is 0 Å². The molecule has 1 aliphatic rings. The molecule has 9 aromatic carbocycles. The van der Waals surface area contributed by atoms with E-state index in [0.29, 0.717) is 0 Å². The highest BCUT2D eigenvalue weighted by atomic mass is 32.1. The summed E-state index contributed by atoms with van der Waals surface area (Å²) >= 11 is 1.94. The van der Waals surface area contributed by atoms with Crippen LogP contribution < -0.4 is 0 Å². The van der Waals surface area contributed by atoms with Crippen molar-refractivity contribution in [2.45, 2.75) is 0 Å². The van der Waals surface area contributed by atoms with Crippen LogP contribution in [0.2, 0.25) is 0 Å². The molecule has 0 bridgehead atoms. The summed E-state index contributed by atoms with van der Waals surface area (Å²) in [5.41, 5.74) is 9.09. The number of aromatic nitrogens is 1. The summed E-state index contributed by atoms with van der Waals surface area (Å²) in [7, 11) is 0. The van der Waals surface area contributed by atoms with Gasteiger partial charge in [-0.05, 0) is 67.4 Å². The van der Waals surface area contributed by atoms with Crippen LogP contribution in [0.15, 0.2) is 152 Å². The summed E-state index contributed by atoms with van der Waals surface area (Å²) in [5, 5.41) is 15.9. The Morgan fingerprint density at radius 3 is 1.62 bits per heavy atom. The molecular formula is C46H25NS. The molecule has 48 heavy (non-hydrogen) atoms. The van der Waals surface area contributed by atoms with Gasteiger partial charge in [-0.3, -0.25) is 0 Å². The van der Waals surface area contributed by atoms with E-state index in [9.17, 15) is 0 Å². The molecule has 0 radical (unpaired) electrons. The first-order valence-corrected chi connectivity index (χ1v) is 17.4. The van der Waals surface area contributed by atoms with Crippen molar-refractivity contribution >= 4 is 96.4 Å². The third-order valence-corrected chi connectivity index (χ3v) is 12.1. The van der Waals surface area contributed by atoms with Crippen LogP contribution in [0.3, 0.4) is 0 Å². The van der Waals surface area contributed by atoms with E-state index >= 15 is 0 Å². The molecule has 12 rings (SSSR count). The molecule has 2 heteroatoms. The molecule has 0 saturated heterocycles. The van der Waals surface area contributed by atoms with Crippen molar-refractivity contribution in [1.82, 2.24) is 4.57 Å². The molecule has 220 valence electrons. The van der Waals surface area contributed by atoms with E-state index in [4.69, 9.17) is 0 Å². The van der Waals surface area contributed by atoms with Crippen LogP contribution in [-0.2, 0) is 0 Å². The van der Waals surface area contributed by atoms with Crippen molar-refractivity contribution in [2.75, 3.05) is 0 Å². The summed E-state index contributed by atoms with van der Waals surface area (Å²) in [6.45, 7) is 0. The van der Waals surface area contributed by atoms with E-state index in [-0.39, 0.29) is 0 Å². The molecular weight excluding hydrogens is 599 g/mol. The van der Waals surface area contributed by atoms with Crippen molar-refractivity contribution in [1.29, 1.82) is 0 Å². The Morgan fingerprint density at radius 2 is 0.875 bits per heavy atom. The Balaban J connectivity index is 1.40. The smallest absolute Gasteiger partial charge is 0.0726 e. The minimum absolute atomic E-state index is 1.23. The van der Waals surface area contributed by atoms with Crippen LogP contribution in [0, 0.1) is 0 Å². The third-order valence-electron chi connectivity index (χ3n) is 10.9. The lowest BCUT2D eigenvalue weighted by Gasteiger charge is -2.16. The average Bonchev–Trinajstić information content (AvgIpc) is 3.81. The first kappa shape index (κ1) is 25.2. The molecule has 0 N–H and O–H groups in total. The molecule has 0 saturated carbocycles. The first-order valence-electron chi connectivity index (χ1n) is 16.6. The van der Waals surface area contributed by atoms with Gasteiger partial charge in [0.25, 0.3) is 0 Å². The van der Waals surface area contributed by atoms with Crippen molar-refractivity contribution in [2.24, 2.45) is 0 Å². The van der Waals surface area contributed by atoms with Crippen LogP contribution in [0.1, 0.15) is 0 Å². The van der Waals surface area contributed by atoms with Crippen molar-refractivity contribution in [3.8, 4) is 27.9 Å². The quantitative estimate of drug-likeness (QED) is 0.160. The average molecular weight is 624 g/mol. The van der Waals surface area contributed by atoms with Gasteiger partial charge in [0.05, 0.1) is 21.4 Å². The topological polar surface area (TPSA) is 4.93 Å². The van der Waals surface area contributed by atoms with Crippen LogP contribution >= 0.6 is 11.3 Å². The van der Waals surface area contributed by atoms with E-state index in [2.05, 4.69) is 156 Å². The van der Waals surface area contributed by atoms with Crippen molar-refractivity contribution < 1.29 is 0 Å². The maximum atomic E-state index is 2.59. The molecule has 1 aliphatic carbocycles. The first-order chi connectivity index (χ1) is 23.9. The normalized spacial score (nSPS) is 12.6. The fraction of sp³-hybridized carbons (Fsp3) is 0. The molecule has 2 aromatic heterocycles. The van der Waals surface area contributed by atoms with Gasteiger partial charge in [-0.2, -0.15) is 0 Å². The highest BCUT2D eigenvalue weighted by Crippen LogP contribution is 2.53. The molecule has 11 aromatic rings. The SMILES string of the molecule is c1ccc2c(c1)-c1cccc3c(-n4c5ccccc5c5c6c7ccccc7c7ccccc7c6c6c7ccccc7sc6c54)ccc-2c13. The van der Waals surface area contributed by atoms with Crippen LogP contribution in [-0.4, -0.2) is 4.57 Å². The number of thiophene rings is 1. The van der Waals surface area contributed by atoms with Gasteiger partial charge >= 0.3 is 0 Å². The fourth-order valence-electron chi connectivity index (χ4n) is 9.07. The van der Waals surface area contributed by atoms with E-state index in [0.717, 1.165) is 0 Å². The molecule has 0 spiro atoms. The summed E-state index contributed by atoms with van der Waals surface area (Å²) in [6.07, 6.45) is 0. The van der Waals surface area contributed by atoms with Gasteiger partial charge in [0.15, 0.2) is 0 Å². The molecule has 2 heterocycles. The lowest BCUT2D eigenvalue weighted by molar-refractivity contribution is 1.21. The highest BCUT2D eigenvalue weighted by molar-refractivity contribution is 7.27. The van der Waals surface area contributed by atoms with Gasteiger partial charge in [-0.15, -0.1) is 11.3 Å². The lowest BCUT2D eigenvalue weighted by atomic mass is 9.89. The van der Waals surface area contributed by atoms with Crippen molar-refractivity contribution in [3.05, 3.63) is 152 Å². The maximum Gasteiger partial charge on any atom is 0.0726 e. The zero-order valence-electron chi connectivity index (χ0n) is 25.8. The van der Waals surface area contributed by atoms with E-state index in [1.165, 1.54) is 113 Å². The second kappa shape index (κ2) is 8.89. The molecule has 0 amide bonds. The monoisotopic (exact) mass is 623 g/mol. The molecule has 1 nitrogen and oxygen atoms in total. The third kappa shape index (κ3) is 2.94. The van der Waals surface area contributed by atoms with Gasteiger partial charge < -0.3 is 4.57 Å².